The van der Waals surface area contributed by atoms with Gasteiger partial charge in [0.15, 0.2) is 0 Å². The Balaban J connectivity index is 0.00000405. The van der Waals surface area contributed by atoms with E-state index < -0.39 is 23.8 Å². The Kier molecular flexibility index (Phi) is 9.55. The molecule has 0 spiro atoms. The van der Waals surface area contributed by atoms with Gasteiger partial charge in [-0.05, 0) is 59.2 Å². The van der Waals surface area contributed by atoms with Crippen molar-refractivity contribution in [3.05, 3.63) is 120 Å². The molecule has 1 saturated heterocycles. The fourth-order valence-corrected chi connectivity index (χ4v) is 5.11. The number of piperazine rings is 1. The number of anilines is 2. The zero-order valence-corrected chi connectivity index (χ0v) is 23.2. The number of amides is 1. The Hall–Kier alpha value is -4.34. The minimum absolute atomic E-state index is 0. The van der Waals surface area contributed by atoms with Crippen LogP contribution in [0.2, 0.25) is 0 Å². The monoisotopic (exact) mass is 595 g/mol. The third kappa shape index (κ3) is 6.92. The molecule has 1 heterocycles. The molecule has 10 heteroatoms. The van der Waals surface area contributed by atoms with Gasteiger partial charge in [-0.25, -0.2) is 0 Å². The molecular formula is C32H29ClF3N3O3. The predicted molar refractivity (Wildman–Crippen MR) is 159 cm³/mol. The normalized spacial score (nSPS) is 14.5. The first-order valence-corrected chi connectivity index (χ1v) is 13.2. The van der Waals surface area contributed by atoms with E-state index in [1.54, 1.807) is 36.4 Å². The summed E-state index contributed by atoms with van der Waals surface area (Å²) >= 11 is 0. The molecule has 0 saturated carbocycles. The fraction of sp³-hybridized carbons (Fsp3) is 0.188. The van der Waals surface area contributed by atoms with Crippen molar-refractivity contribution in [2.75, 3.05) is 36.4 Å². The lowest BCUT2D eigenvalue weighted by Crippen LogP contribution is -2.49. The van der Waals surface area contributed by atoms with Gasteiger partial charge < -0.3 is 15.3 Å². The molecule has 4 aromatic rings. The van der Waals surface area contributed by atoms with Gasteiger partial charge in [0.05, 0.1) is 5.56 Å². The van der Waals surface area contributed by atoms with Crippen LogP contribution >= 0.6 is 12.4 Å². The van der Waals surface area contributed by atoms with Gasteiger partial charge >= 0.3 is 12.1 Å². The highest BCUT2D eigenvalue weighted by molar-refractivity contribution is 6.08. The maximum absolute atomic E-state index is 13.1. The van der Waals surface area contributed by atoms with Crippen molar-refractivity contribution in [2.24, 2.45) is 0 Å². The Morgan fingerprint density at radius 2 is 1.36 bits per heavy atom. The van der Waals surface area contributed by atoms with Crippen molar-refractivity contribution in [3.63, 3.8) is 0 Å². The van der Waals surface area contributed by atoms with E-state index in [0.717, 1.165) is 23.4 Å². The molecule has 5 rings (SSSR count). The molecule has 1 aliphatic heterocycles. The number of hydrogen-bond acceptors (Lipinski definition) is 4. The summed E-state index contributed by atoms with van der Waals surface area (Å²) in [7, 11) is 0. The molecule has 1 amide bonds. The number of halogens is 4. The van der Waals surface area contributed by atoms with Gasteiger partial charge in [-0.3, -0.25) is 14.5 Å². The van der Waals surface area contributed by atoms with Crippen LogP contribution in [-0.4, -0.2) is 48.1 Å². The van der Waals surface area contributed by atoms with Crippen LogP contribution in [0.15, 0.2) is 103 Å². The number of carbonyl (C=O) groups excluding carboxylic acids is 1. The van der Waals surface area contributed by atoms with E-state index in [4.69, 9.17) is 0 Å². The largest absolute Gasteiger partial charge is 0.480 e. The Labute approximate surface area is 247 Å². The van der Waals surface area contributed by atoms with Crippen LogP contribution in [0.5, 0.6) is 0 Å². The molecular weight excluding hydrogens is 567 g/mol. The quantitative estimate of drug-likeness (QED) is 0.241. The van der Waals surface area contributed by atoms with Crippen molar-refractivity contribution in [3.8, 4) is 11.1 Å². The van der Waals surface area contributed by atoms with Gasteiger partial charge in [-0.15, -0.1) is 12.4 Å². The van der Waals surface area contributed by atoms with E-state index in [9.17, 15) is 27.9 Å². The Morgan fingerprint density at radius 1 is 0.762 bits per heavy atom. The Bertz CT molecular complexity index is 1510. The maximum Gasteiger partial charge on any atom is 0.416 e. The first kappa shape index (κ1) is 30.6. The van der Waals surface area contributed by atoms with Gasteiger partial charge in [0.2, 0.25) is 0 Å². The van der Waals surface area contributed by atoms with E-state index in [2.05, 4.69) is 10.2 Å². The van der Waals surface area contributed by atoms with Crippen LogP contribution in [0.1, 0.15) is 27.5 Å². The van der Waals surface area contributed by atoms with E-state index >= 15 is 0 Å². The van der Waals surface area contributed by atoms with E-state index in [0.29, 0.717) is 48.6 Å². The second-order valence-electron chi connectivity index (χ2n) is 9.80. The number of benzene rings is 4. The lowest BCUT2D eigenvalue weighted by Gasteiger charge is -2.39. The van der Waals surface area contributed by atoms with E-state index in [1.165, 1.54) is 12.1 Å². The van der Waals surface area contributed by atoms with Crippen LogP contribution in [0.25, 0.3) is 11.1 Å². The van der Waals surface area contributed by atoms with Crippen LogP contribution in [0, 0.1) is 0 Å². The molecule has 6 nitrogen and oxygen atoms in total. The lowest BCUT2D eigenvalue weighted by atomic mass is 9.98. The number of hydrogen-bond donors (Lipinski definition) is 2. The maximum atomic E-state index is 13.1. The van der Waals surface area contributed by atoms with Crippen molar-refractivity contribution in [2.45, 2.75) is 12.2 Å². The third-order valence-corrected chi connectivity index (χ3v) is 7.21. The SMILES string of the molecule is Cl.O=C(Nc1ccc(N2CCN(C(C(=O)O)c3ccccc3)CC2)cc1)c1ccccc1-c1ccc(C(F)(F)F)cc1. The first-order valence-electron chi connectivity index (χ1n) is 13.2. The van der Waals surface area contributed by atoms with E-state index in [1.807, 2.05) is 47.4 Å². The average Bonchev–Trinajstić information content (AvgIpc) is 2.98. The number of carboxylic acids is 1. The van der Waals surface area contributed by atoms with Crippen LogP contribution in [0.3, 0.4) is 0 Å². The molecule has 1 aliphatic rings. The number of nitrogens with zero attached hydrogens (tertiary/aromatic N) is 2. The smallest absolute Gasteiger partial charge is 0.416 e. The summed E-state index contributed by atoms with van der Waals surface area (Å²) in [4.78, 5) is 29.3. The van der Waals surface area contributed by atoms with Gasteiger partial charge in [0.25, 0.3) is 5.91 Å². The fourth-order valence-electron chi connectivity index (χ4n) is 5.11. The molecule has 0 aromatic heterocycles. The predicted octanol–water partition coefficient (Wildman–Crippen LogP) is 6.99. The summed E-state index contributed by atoms with van der Waals surface area (Å²) in [6.45, 7) is 2.49. The summed E-state index contributed by atoms with van der Waals surface area (Å²) in [6.07, 6.45) is -4.43. The minimum atomic E-state index is -4.43. The molecule has 0 radical (unpaired) electrons. The second-order valence-corrected chi connectivity index (χ2v) is 9.80. The van der Waals surface area contributed by atoms with Crippen molar-refractivity contribution < 1.29 is 27.9 Å². The third-order valence-electron chi connectivity index (χ3n) is 7.21. The topological polar surface area (TPSA) is 72.9 Å². The highest BCUT2D eigenvalue weighted by atomic mass is 35.5. The molecule has 1 atom stereocenters. The highest BCUT2D eigenvalue weighted by Crippen LogP contribution is 2.32. The molecule has 4 aromatic carbocycles. The van der Waals surface area contributed by atoms with Crippen molar-refractivity contribution in [1.82, 2.24) is 4.90 Å². The molecule has 42 heavy (non-hydrogen) atoms. The Morgan fingerprint density at radius 3 is 1.95 bits per heavy atom. The summed E-state index contributed by atoms with van der Waals surface area (Å²) in [5.41, 5.74) is 2.93. The summed E-state index contributed by atoms with van der Waals surface area (Å²) < 4.78 is 38.9. The number of nitrogens with one attached hydrogen (secondary N) is 1. The van der Waals surface area contributed by atoms with E-state index in [-0.39, 0.29) is 18.3 Å². The van der Waals surface area contributed by atoms with Gasteiger partial charge in [0, 0.05) is 43.1 Å². The van der Waals surface area contributed by atoms with Crippen molar-refractivity contribution >= 4 is 35.7 Å². The van der Waals surface area contributed by atoms with Crippen LogP contribution < -0.4 is 10.2 Å². The highest BCUT2D eigenvalue weighted by Gasteiger charge is 2.31. The molecule has 0 aliphatic carbocycles. The van der Waals surface area contributed by atoms with Crippen LogP contribution in [-0.2, 0) is 11.0 Å². The summed E-state index contributed by atoms with van der Waals surface area (Å²) in [6, 6.07) is 27.4. The number of rotatable bonds is 7. The number of carbonyl (C=O) groups is 2. The van der Waals surface area contributed by atoms with Crippen LogP contribution in [0.4, 0.5) is 24.5 Å². The van der Waals surface area contributed by atoms with Crippen molar-refractivity contribution in [1.29, 1.82) is 0 Å². The second kappa shape index (κ2) is 13.1. The molecule has 0 bridgehead atoms. The molecule has 1 fully saturated rings. The number of aliphatic carboxylic acids is 1. The summed E-state index contributed by atoms with van der Waals surface area (Å²) in [5.74, 6) is -1.24. The van der Waals surface area contributed by atoms with Gasteiger partial charge in [0.1, 0.15) is 6.04 Å². The standard InChI is InChI=1S/C32H28F3N3O3.ClH/c33-32(34,35)24-12-10-22(11-13-24)27-8-4-5-9-28(27)30(39)36-25-14-16-26(17-15-25)37-18-20-38(21-19-37)29(31(40)41)23-6-2-1-3-7-23;/h1-17,29H,18-21H2,(H,36,39)(H,40,41);1H. The first-order chi connectivity index (χ1) is 19.7. The van der Waals surface area contributed by atoms with Gasteiger partial charge in [-0.2, -0.15) is 13.2 Å². The zero-order valence-electron chi connectivity index (χ0n) is 22.4. The average molecular weight is 596 g/mol. The molecule has 1 unspecified atom stereocenters. The lowest BCUT2D eigenvalue weighted by molar-refractivity contribution is -0.143. The number of alkyl halides is 3. The van der Waals surface area contributed by atoms with Gasteiger partial charge in [-0.1, -0.05) is 60.7 Å². The minimum Gasteiger partial charge on any atom is -0.480 e. The molecule has 218 valence electrons. The zero-order chi connectivity index (χ0) is 29.0. The molecule has 2 N–H and O–H groups in total. The number of carboxylic acid groups (broad SMARTS) is 1. The summed E-state index contributed by atoms with van der Waals surface area (Å²) in [5, 5.41) is 12.7.